The van der Waals surface area contributed by atoms with Gasteiger partial charge in [-0.05, 0) is 37.3 Å². The summed E-state index contributed by atoms with van der Waals surface area (Å²) in [6.07, 6.45) is 5.03. The third-order valence-electron chi connectivity index (χ3n) is 5.27. The maximum absolute atomic E-state index is 12.4. The number of hydrogen-bond acceptors (Lipinski definition) is 3. The van der Waals surface area contributed by atoms with Gasteiger partial charge in [0.2, 0.25) is 5.91 Å². The summed E-state index contributed by atoms with van der Waals surface area (Å²) < 4.78 is 0. The van der Waals surface area contributed by atoms with E-state index in [1.165, 1.54) is 24.1 Å². The predicted octanol–water partition coefficient (Wildman–Crippen LogP) is 2.44. The Bertz CT molecular complexity index is 622. The van der Waals surface area contributed by atoms with Crippen LogP contribution in [-0.2, 0) is 11.3 Å². The van der Waals surface area contributed by atoms with Crippen molar-refractivity contribution in [2.45, 2.75) is 38.6 Å². The van der Waals surface area contributed by atoms with Crippen molar-refractivity contribution < 1.29 is 9.59 Å². The number of benzene rings is 1. The zero-order valence-corrected chi connectivity index (χ0v) is 15.7. The molecule has 2 saturated heterocycles. The third kappa shape index (κ3) is 4.68. The lowest BCUT2D eigenvalue weighted by molar-refractivity contribution is -0.129. The van der Waals surface area contributed by atoms with Crippen molar-refractivity contribution in [2.75, 3.05) is 44.7 Å². The second-order valence-electron chi connectivity index (χ2n) is 7.25. The quantitative estimate of drug-likeness (QED) is 0.850. The Hall–Kier alpha value is -2.24. The number of rotatable bonds is 6. The second kappa shape index (κ2) is 8.92. The van der Waals surface area contributed by atoms with Crippen LogP contribution < -0.4 is 10.2 Å². The maximum Gasteiger partial charge on any atom is 0.317 e. The lowest BCUT2D eigenvalue weighted by Crippen LogP contribution is -2.39. The largest absolute Gasteiger partial charge is 0.371 e. The fraction of sp³-hybridized carbons (Fsp3) is 0.600. The van der Waals surface area contributed by atoms with Crippen molar-refractivity contribution in [1.29, 1.82) is 0 Å². The molecule has 2 aliphatic rings. The average molecular weight is 358 g/mol. The monoisotopic (exact) mass is 358 g/mol. The van der Waals surface area contributed by atoms with Gasteiger partial charge in [0.15, 0.2) is 0 Å². The second-order valence-corrected chi connectivity index (χ2v) is 7.25. The topological polar surface area (TPSA) is 55.9 Å². The molecule has 26 heavy (non-hydrogen) atoms. The van der Waals surface area contributed by atoms with Crippen molar-refractivity contribution in [2.24, 2.45) is 0 Å². The molecule has 0 aliphatic carbocycles. The van der Waals surface area contributed by atoms with Gasteiger partial charge in [-0.3, -0.25) is 4.79 Å². The van der Waals surface area contributed by atoms with Crippen LogP contribution >= 0.6 is 0 Å². The van der Waals surface area contributed by atoms with Crippen LogP contribution in [0.5, 0.6) is 0 Å². The molecule has 1 aromatic carbocycles. The van der Waals surface area contributed by atoms with Gasteiger partial charge < -0.3 is 20.0 Å². The molecule has 0 radical (unpaired) electrons. The highest BCUT2D eigenvalue weighted by molar-refractivity contribution is 5.78. The molecule has 142 valence electrons. The van der Waals surface area contributed by atoms with E-state index in [2.05, 4.69) is 28.4 Å². The third-order valence-corrected chi connectivity index (χ3v) is 5.27. The number of amides is 3. The van der Waals surface area contributed by atoms with Crippen molar-refractivity contribution in [3.8, 4) is 0 Å². The van der Waals surface area contributed by atoms with Crippen LogP contribution in [0.15, 0.2) is 24.3 Å². The first-order valence-electron chi connectivity index (χ1n) is 9.75. The van der Waals surface area contributed by atoms with Crippen molar-refractivity contribution in [3.05, 3.63) is 29.8 Å². The van der Waals surface area contributed by atoms with Gasteiger partial charge in [0.25, 0.3) is 0 Å². The van der Waals surface area contributed by atoms with E-state index in [1.807, 2.05) is 11.0 Å². The van der Waals surface area contributed by atoms with E-state index in [0.717, 1.165) is 39.0 Å². The van der Waals surface area contributed by atoms with Gasteiger partial charge in [0.1, 0.15) is 0 Å². The Labute approximate surface area is 156 Å². The fourth-order valence-corrected chi connectivity index (χ4v) is 3.77. The summed E-state index contributed by atoms with van der Waals surface area (Å²) in [6.45, 7) is 4.86. The SMILES string of the molecule is CN(Cc1ccccc1N1CCCC1)C(=O)NCCC(=O)N1CCCC1. The number of hydrogen-bond donors (Lipinski definition) is 1. The van der Waals surface area contributed by atoms with Gasteiger partial charge >= 0.3 is 6.03 Å². The van der Waals surface area contributed by atoms with Gasteiger partial charge in [0.05, 0.1) is 0 Å². The van der Waals surface area contributed by atoms with Crippen LogP contribution in [0.3, 0.4) is 0 Å². The highest BCUT2D eigenvalue weighted by atomic mass is 16.2. The maximum atomic E-state index is 12.4. The summed E-state index contributed by atoms with van der Waals surface area (Å²) in [5.74, 6) is 0.143. The standard InChI is InChI=1S/C20H30N4O2/c1-22(20(26)21-11-10-19(25)24-14-6-7-15-24)16-17-8-2-3-9-18(17)23-12-4-5-13-23/h2-3,8-9H,4-7,10-16H2,1H3,(H,21,26). The molecule has 3 rings (SSSR count). The molecule has 6 nitrogen and oxygen atoms in total. The van der Waals surface area contributed by atoms with Gasteiger partial charge in [0, 0.05) is 58.4 Å². The van der Waals surface area contributed by atoms with E-state index >= 15 is 0 Å². The number of likely N-dealkylation sites (tertiary alicyclic amines) is 1. The number of urea groups is 1. The normalized spacial score (nSPS) is 16.8. The smallest absolute Gasteiger partial charge is 0.317 e. The van der Waals surface area contributed by atoms with E-state index in [1.54, 1.807) is 11.9 Å². The van der Waals surface area contributed by atoms with E-state index in [-0.39, 0.29) is 11.9 Å². The van der Waals surface area contributed by atoms with Gasteiger partial charge in [-0.25, -0.2) is 4.79 Å². The van der Waals surface area contributed by atoms with Crippen LogP contribution in [0.1, 0.15) is 37.7 Å². The molecule has 1 N–H and O–H groups in total. The zero-order valence-electron chi connectivity index (χ0n) is 15.7. The fourth-order valence-electron chi connectivity index (χ4n) is 3.77. The molecular formula is C20H30N4O2. The molecule has 6 heteroatoms. The van der Waals surface area contributed by atoms with Gasteiger partial charge in [-0.15, -0.1) is 0 Å². The minimum Gasteiger partial charge on any atom is -0.371 e. The zero-order chi connectivity index (χ0) is 18.4. The first-order chi connectivity index (χ1) is 12.6. The average Bonchev–Trinajstić information content (AvgIpc) is 3.35. The molecule has 2 aliphatic heterocycles. The summed E-state index contributed by atoms with van der Waals surface area (Å²) in [6, 6.07) is 8.18. The first kappa shape index (κ1) is 18.5. The van der Waals surface area contributed by atoms with Crippen LogP contribution in [0.2, 0.25) is 0 Å². The molecular weight excluding hydrogens is 328 g/mol. The lowest BCUT2D eigenvalue weighted by Gasteiger charge is -2.24. The lowest BCUT2D eigenvalue weighted by atomic mass is 10.1. The van der Waals surface area contributed by atoms with E-state index in [9.17, 15) is 9.59 Å². The first-order valence-corrected chi connectivity index (χ1v) is 9.75. The van der Waals surface area contributed by atoms with Crippen LogP contribution in [0.4, 0.5) is 10.5 Å². The van der Waals surface area contributed by atoms with Crippen molar-refractivity contribution in [3.63, 3.8) is 0 Å². The molecule has 0 aromatic heterocycles. The molecule has 0 saturated carbocycles. The molecule has 2 heterocycles. The van der Waals surface area contributed by atoms with E-state index < -0.39 is 0 Å². The van der Waals surface area contributed by atoms with E-state index in [4.69, 9.17) is 0 Å². The number of carbonyl (C=O) groups excluding carboxylic acids is 2. The minimum atomic E-state index is -0.129. The molecule has 0 atom stereocenters. The van der Waals surface area contributed by atoms with E-state index in [0.29, 0.717) is 19.5 Å². The summed E-state index contributed by atoms with van der Waals surface area (Å²) in [7, 11) is 1.80. The van der Waals surface area contributed by atoms with Gasteiger partial charge in [-0.2, -0.15) is 0 Å². The molecule has 3 amide bonds. The van der Waals surface area contributed by atoms with Crippen LogP contribution in [0, 0.1) is 0 Å². The van der Waals surface area contributed by atoms with Crippen LogP contribution in [-0.4, -0.2) is 61.5 Å². The number of carbonyl (C=O) groups is 2. The molecule has 0 spiro atoms. The molecule has 0 bridgehead atoms. The Kier molecular flexibility index (Phi) is 6.36. The summed E-state index contributed by atoms with van der Waals surface area (Å²) >= 11 is 0. The Morgan fingerprint density at radius 1 is 1.04 bits per heavy atom. The summed E-state index contributed by atoms with van der Waals surface area (Å²) in [5.41, 5.74) is 2.40. The number of para-hydroxylation sites is 1. The number of anilines is 1. The predicted molar refractivity (Wildman–Crippen MR) is 103 cm³/mol. The Morgan fingerprint density at radius 2 is 1.69 bits per heavy atom. The highest BCUT2D eigenvalue weighted by Gasteiger charge is 2.19. The summed E-state index contributed by atoms with van der Waals surface area (Å²) in [5, 5.41) is 2.87. The van der Waals surface area contributed by atoms with Crippen LogP contribution in [0.25, 0.3) is 0 Å². The minimum absolute atomic E-state index is 0.129. The highest BCUT2D eigenvalue weighted by Crippen LogP contribution is 2.25. The molecule has 2 fully saturated rings. The van der Waals surface area contributed by atoms with Crippen molar-refractivity contribution in [1.82, 2.24) is 15.1 Å². The Balaban J connectivity index is 1.47. The number of nitrogens with one attached hydrogen (secondary N) is 1. The summed E-state index contributed by atoms with van der Waals surface area (Å²) in [4.78, 5) is 30.4. The number of nitrogens with zero attached hydrogens (tertiary/aromatic N) is 3. The molecule has 1 aromatic rings. The molecule has 0 unspecified atom stereocenters. The van der Waals surface area contributed by atoms with Crippen molar-refractivity contribution >= 4 is 17.6 Å². The Morgan fingerprint density at radius 3 is 2.42 bits per heavy atom. The van der Waals surface area contributed by atoms with Gasteiger partial charge in [-0.1, -0.05) is 18.2 Å².